The third-order valence-electron chi connectivity index (χ3n) is 3.65. The van der Waals surface area contributed by atoms with Gasteiger partial charge < -0.3 is 15.2 Å². The Morgan fingerprint density at radius 3 is 2.71 bits per heavy atom. The zero-order chi connectivity index (χ0) is 17.1. The molecule has 0 fully saturated rings. The molecule has 124 valence electrons. The molecule has 1 heterocycles. The van der Waals surface area contributed by atoms with Crippen molar-refractivity contribution in [3.63, 3.8) is 0 Å². The number of aromatic hydroxyl groups is 1. The van der Waals surface area contributed by atoms with Gasteiger partial charge >= 0.3 is 6.09 Å². The average molecular weight is 327 g/mol. The first-order chi connectivity index (χ1) is 11.6. The molecule has 0 saturated heterocycles. The topological polar surface area (TPSA) is 90.9 Å². The number of nitrogens with one attached hydrogen (secondary N) is 2. The molecule has 0 aliphatic carbocycles. The number of phenols is 1. The summed E-state index contributed by atoms with van der Waals surface area (Å²) in [5.41, 5.74) is 3.93. The van der Waals surface area contributed by atoms with Crippen molar-refractivity contribution in [1.29, 1.82) is 0 Å². The number of para-hydroxylation sites is 2. The monoisotopic (exact) mass is 327 g/mol. The summed E-state index contributed by atoms with van der Waals surface area (Å²) in [7, 11) is 0. The molecule has 2 amide bonds. The van der Waals surface area contributed by atoms with Gasteiger partial charge in [0.25, 0.3) is 5.91 Å². The van der Waals surface area contributed by atoms with E-state index in [1.54, 1.807) is 49.4 Å². The lowest BCUT2D eigenvalue weighted by Crippen LogP contribution is -2.53. The largest absolute Gasteiger partial charge is 0.508 e. The Morgan fingerprint density at radius 2 is 1.96 bits per heavy atom. The number of anilines is 1. The quantitative estimate of drug-likeness (QED) is 0.806. The molecule has 0 saturated carbocycles. The lowest BCUT2D eigenvalue weighted by molar-refractivity contribution is 0.0504. The fraction of sp³-hybridized carbons (Fsp3) is 0.176. The molecule has 0 spiro atoms. The van der Waals surface area contributed by atoms with E-state index in [-0.39, 0.29) is 12.4 Å². The molecule has 0 aromatic heterocycles. The van der Waals surface area contributed by atoms with Gasteiger partial charge in [0.05, 0.1) is 12.2 Å². The lowest BCUT2D eigenvalue weighted by atomic mass is 10.0. The van der Waals surface area contributed by atoms with Crippen molar-refractivity contribution in [2.75, 3.05) is 11.9 Å². The van der Waals surface area contributed by atoms with E-state index in [4.69, 9.17) is 4.74 Å². The Balaban J connectivity index is 2.02. The maximum Gasteiger partial charge on any atom is 0.426 e. The highest BCUT2D eigenvalue weighted by Crippen LogP contribution is 2.35. The summed E-state index contributed by atoms with van der Waals surface area (Å²) in [6.45, 7) is 1.85. The standard InChI is InChI=1S/C17H17N3O4/c1-2-24-17(23)19-20-15(12-8-4-6-10-14(12)21)18-13-9-5-3-7-11(13)16(20)22/h3-10,15,18,21H,2H2,1H3,(H,19,23)/t15-/m0/s1. The lowest BCUT2D eigenvalue weighted by Gasteiger charge is -2.37. The first-order valence-corrected chi connectivity index (χ1v) is 7.52. The minimum atomic E-state index is -0.766. The predicted molar refractivity (Wildman–Crippen MR) is 87.2 cm³/mol. The molecular formula is C17H17N3O4. The molecule has 1 aliphatic rings. The van der Waals surface area contributed by atoms with Gasteiger partial charge in [-0.1, -0.05) is 30.3 Å². The van der Waals surface area contributed by atoms with Crippen LogP contribution in [0.25, 0.3) is 0 Å². The minimum absolute atomic E-state index is 0.0119. The molecular weight excluding hydrogens is 310 g/mol. The Morgan fingerprint density at radius 1 is 1.25 bits per heavy atom. The molecule has 2 aromatic rings. The summed E-state index contributed by atoms with van der Waals surface area (Å²) in [6, 6.07) is 13.6. The number of carbonyl (C=O) groups is 2. The second-order valence-corrected chi connectivity index (χ2v) is 5.16. The van der Waals surface area contributed by atoms with Gasteiger partial charge in [-0.25, -0.2) is 15.2 Å². The Kier molecular flexibility index (Phi) is 4.24. The smallest absolute Gasteiger partial charge is 0.426 e. The van der Waals surface area contributed by atoms with E-state index in [9.17, 15) is 14.7 Å². The average Bonchev–Trinajstić information content (AvgIpc) is 2.58. The van der Waals surface area contributed by atoms with E-state index in [1.807, 2.05) is 0 Å². The number of hydrazine groups is 1. The third kappa shape index (κ3) is 2.83. The van der Waals surface area contributed by atoms with Crippen molar-refractivity contribution in [2.24, 2.45) is 0 Å². The van der Waals surface area contributed by atoms with Gasteiger partial charge in [0, 0.05) is 11.3 Å². The first-order valence-electron chi connectivity index (χ1n) is 7.52. The number of carbonyl (C=O) groups excluding carboxylic acids is 2. The van der Waals surface area contributed by atoms with E-state index < -0.39 is 18.2 Å². The molecule has 7 nitrogen and oxygen atoms in total. The van der Waals surface area contributed by atoms with Crippen LogP contribution in [0.4, 0.5) is 10.5 Å². The van der Waals surface area contributed by atoms with Crippen LogP contribution in [0.2, 0.25) is 0 Å². The zero-order valence-electron chi connectivity index (χ0n) is 13.0. The number of fused-ring (bicyclic) bond motifs is 1. The van der Waals surface area contributed by atoms with Crippen LogP contribution in [-0.4, -0.2) is 28.7 Å². The van der Waals surface area contributed by atoms with Crippen molar-refractivity contribution in [3.8, 4) is 5.75 Å². The minimum Gasteiger partial charge on any atom is -0.508 e. The van der Waals surface area contributed by atoms with Gasteiger partial charge in [-0.15, -0.1) is 0 Å². The highest BCUT2D eigenvalue weighted by Gasteiger charge is 2.35. The van der Waals surface area contributed by atoms with E-state index in [0.717, 1.165) is 5.01 Å². The van der Waals surface area contributed by atoms with Gasteiger partial charge in [-0.05, 0) is 25.1 Å². The Hall–Kier alpha value is -3.22. The number of amides is 2. The first kappa shape index (κ1) is 15.7. The molecule has 0 bridgehead atoms. The summed E-state index contributed by atoms with van der Waals surface area (Å²) >= 11 is 0. The van der Waals surface area contributed by atoms with E-state index in [2.05, 4.69) is 10.7 Å². The zero-order valence-corrected chi connectivity index (χ0v) is 13.0. The summed E-state index contributed by atoms with van der Waals surface area (Å²) in [4.78, 5) is 24.6. The number of benzene rings is 2. The van der Waals surface area contributed by atoms with Crippen LogP contribution in [0.15, 0.2) is 48.5 Å². The molecule has 1 aliphatic heterocycles. The number of hydrogen-bond acceptors (Lipinski definition) is 5. The molecule has 3 N–H and O–H groups in total. The maximum atomic E-state index is 12.8. The molecule has 1 atom stereocenters. The van der Waals surface area contributed by atoms with Crippen LogP contribution < -0.4 is 10.7 Å². The van der Waals surface area contributed by atoms with Crippen LogP contribution in [0.3, 0.4) is 0 Å². The van der Waals surface area contributed by atoms with Gasteiger partial charge in [-0.2, -0.15) is 0 Å². The molecule has 0 unspecified atom stereocenters. The molecule has 2 aromatic carbocycles. The third-order valence-corrected chi connectivity index (χ3v) is 3.65. The van der Waals surface area contributed by atoms with Crippen LogP contribution >= 0.6 is 0 Å². The summed E-state index contributed by atoms with van der Waals surface area (Å²) in [6.07, 6.45) is -1.51. The van der Waals surface area contributed by atoms with Crippen LogP contribution in [0, 0.1) is 0 Å². The highest BCUT2D eigenvalue weighted by atomic mass is 16.6. The summed E-state index contributed by atoms with van der Waals surface area (Å²) in [5, 5.41) is 14.4. The van der Waals surface area contributed by atoms with Crippen molar-refractivity contribution in [2.45, 2.75) is 13.1 Å². The second-order valence-electron chi connectivity index (χ2n) is 5.16. The van der Waals surface area contributed by atoms with Crippen molar-refractivity contribution >= 4 is 17.7 Å². The highest BCUT2D eigenvalue weighted by molar-refractivity contribution is 6.02. The molecule has 24 heavy (non-hydrogen) atoms. The summed E-state index contributed by atoms with van der Waals surface area (Å²) < 4.78 is 4.86. The summed E-state index contributed by atoms with van der Waals surface area (Å²) in [5.74, 6) is -0.386. The number of nitrogens with zero attached hydrogens (tertiary/aromatic N) is 1. The van der Waals surface area contributed by atoms with E-state index >= 15 is 0 Å². The van der Waals surface area contributed by atoms with Crippen LogP contribution in [0.1, 0.15) is 29.0 Å². The molecule has 7 heteroatoms. The van der Waals surface area contributed by atoms with Gasteiger partial charge in [0.15, 0.2) is 6.17 Å². The number of rotatable bonds is 3. The van der Waals surface area contributed by atoms with Crippen LogP contribution in [0.5, 0.6) is 5.75 Å². The predicted octanol–water partition coefficient (Wildman–Crippen LogP) is 2.62. The van der Waals surface area contributed by atoms with Crippen LogP contribution in [-0.2, 0) is 4.74 Å². The Bertz CT molecular complexity index is 778. The molecule has 0 radical (unpaired) electrons. The van der Waals surface area contributed by atoms with E-state index in [0.29, 0.717) is 16.8 Å². The van der Waals surface area contributed by atoms with E-state index in [1.165, 1.54) is 6.07 Å². The van der Waals surface area contributed by atoms with Gasteiger partial charge in [-0.3, -0.25) is 4.79 Å². The number of hydrogen-bond donors (Lipinski definition) is 3. The normalized spacial score (nSPS) is 16.1. The Labute approximate surface area is 138 Å². The van der Waals surface area contributed by atoms with Crippen molar-refractivity contribution < 1.29 is 19.4 Å². The number of phenolic OH excluding ortho intramolecular Hbond substituents is 1. The maximum absolute atomic E-state index is 12.8. The van der Waals surface area contributed by atoms with Crippen molar-refractivity contribution in [3.05, 3.63) is 59.7 Å². The second kappa shape index (κ2) is 6.49. The number of ether oxygens (including phenoxy) is 1. The SMILES string of the molecule is CCOC(=O)NN1C(=O)c2ccccc2N[C@@H]1c1ccccc1O. The fourth-order valence-electron chi connectivity index (χ4n) is 2.57. The van der Waals surface area contributed by atoms with Gasteiger partial charge in [0.1, 0.15) is 5.75 Å². The molecule has 3 rings (SSSR count). The van der Waals surface area contributed by atoms with Gasteiger partial charge in [0.2, 0.25) is 0 Å². The fourth-order valence-corrected chi connectivity index (χ4v) is 2.57. The van der Waals surface area contributed by atoms with Crippen molar-refractivity contribution in [1.82, 2.24) is 10.4 Å².